The normalized spacial score (nSPS) is 9.25. The number of nitrogens with zero attached hydrogens (tertiary/aromatic N) is 2. The predicted molar refractivity (Wildman–Crippen MR) is 58.1 cm³/mol. The smallest absolute Gasteiger partial charge is 0.339 e. The molecule has 1 N–H and O–H groups in total. The Kier molecular flexibility index (Phi) is 3.62. The van der Waals surface area contributed by atoms with Gasteiger partial charge in [-0.25, -0.2) is 9.78 Å². The third kappa shape index (κ3) is 2.36. The molecule has 5 heteroatoms. The molecule has 1 aromatic rings. The molecule has 1 rings (SSSR count). The third-order valence-electron chi connectivity index (χ3n) is 1.90. The van der Waals surface area contributed by atoms with Crippen molar-refractivity contribution in [3.63, 3.8) is 0 Å². The number of hydrogen-bond acceptors (Lipinski definition) is 3. The van der Waals surface area contributed by atoms with Crippen molar-refractivity contribution in [2.24, 2.45) is 0 Å². The Morgan fingerprint density at radius 3 is 2.81 bits per heavy atom. The SMILES string of the molecule is C#CCN(C(C)=O)c1ncccc1C(=O)O. The lowest BCUT2D eigenvalue weighted by atomic mass is 10.2. The molecule has 82 valence electrons. The quantitative estimate of drug-likeness (QED) is 0.760. The lowest BCUT2D eigenvalue weighted by molar-refractivity contribution is -0.116. The molecule has 0 saturated heterocycles. The summed E-state index contributed by atoms with van der Waals surface area (Å²) < 4.78 is 0. The van der Waals surface area contributed by atoms with Crippen LogP contribution < -0.4 is 4.90 Å². The van der Waals surface area contributed by atoms with Crippen molar-refractivity contribution in [3.8, 4) is 12.3 Å². The second-order valence-corrected chi connectivity index (χ2v) is 2.99. The molecule has 0 spiro atoms. The molecule has 1 heterocycles. The number of pyridine rings is 1. The molecule has 0 aromatic carbocycles. The van der Waals surface area contributed by atoms with Gasteiger partial charge >= 0.3 is 5.97 Å². The summed E-state index contributed by atoms with van der Waals surface area (Å²) in [4.78, 5) is 27.2. The Hall–Kier alpha value is -2.35. The molecule has 0 aliphatic rings. The molecule has 0 aliphatic heterocycles. The average Bonchev–Trinajstić information content (AvgIpc) is 2.25. The molecule has 0 unspecified atom stereocenters. The number of carboxylic acid groups (broad SMARTS) is 1. The average molecular weight is 218 g/mol. The molecule has 16 heavy (non-hydrogen) atoms. The van der Waals surface area contributed by atoms with Crippen LogP contribution in [0.1, 0.15) is 17.3 Å². The van der Waals surface area contributed by atoms with Gasteiger partial charge in [-0.1, -0.05) is 5.92 Å². The number of carbonyl (C=O) groups excluding carboxylic acids is 1. The van der Waals surface area contributed by atoms with E-state index >= 15 is 0 Å². The van der Waals surface area contributed by atoms with Crippen LogP contribution in [0.3, 0.4) is 0 Å². The number of amides is 1. The van der Waals surface area contributed by atoms with Gasteiger partial charge in [0.25, 0.3) is 0 Å². The van der Waals surface area contributed by atoms with E-state index in [1.807, 2.05) is 0 Å². The van der Waals surface area contributed by atoms with E-state index in [-0.39, 0.29) is 23.8 Å². The van der Waals surface area contributed by atoms with Crippen LogP contribution in [-0.2, 0) is 4.79 Å². The Bertz CT molecular complexity index is 463. The number of aromatic carboxylic acids is 1. The highest BCUT2D eigenvalue weighted by Crippen LogP contribution is 2.16. The van der Waals surface area contributed by atoms with E-state index in [9.17, 15) is 9.59 Å². The zero-order chi connectivity index (χ0) is 12.1. The van der Waals surface area contributed by atoms with Crippen LogP contribution >= 0.6 is 0 Å². The summed E-state index contributed by atoms with van der Waals surface area (Å²) in [5.41, 5.74) is -0.0482. The van der Waals surface area contributed by atoms with Crippen LogP contribution in [0.5, 0.6) is 0 Å². The second kappa shape index (κ2) is 4.94. The van der Waals surface area contributed by atoms with Crippen LogP contribution in [0.25, 0.3) is 0 Å². The third-order valence-corrected chi connectivity index (χ3v) is 1.90. The van der Waals surface area contributed by atoms with Crippen molar-refractivity contribution in [1.29, 1.82) is 0 Å². The number of carbonyl (C=O) groups is 2. The lowest BCUT2D eigenvalue weighted by Crippen LogP contribution is -2.31. The van der Waals surface area contributed by atoms with Crippen LogP contribution in [0.2, 0.25) is 0 Å². The van der Waals surface area contributed by atoms with E-state index in [1.54, 1.807) is 0 Å². The van der Waals surface area contributed by atoms with Crippen molar-refractivity contribution in [2.45, 2.75) is 6.92 Å². The zero-order valence-corrected chi connectivity index (χ0v) is 8.67. The van der Waals surface area contributed by atoms with Gasteiger partial charge in [-0.2, -0.15) is 0 Å². The van der Waals surface area contributed by atoms with Gasteiger partial charge in [0.2, 0.25) is 5.91 Å². The monoisotopic (exact) mass is 218 g/mol. The van der Waals surface area contributed by atoms with Crippen LogP contribution in [0, 0.1) is 12.3 Å². The lowest BCUT2D eigenvalue weighted by Gasteiger charge is -2.18. The molecule has 0 radical (unpaired) electrons. The Balaban J connectivity index is 3.24. The Labute approximate surface area is 92.7 Å². The van der Waals surface area contributed by atoms with Gasteiger partial charge in [0.15, 0.2) is 5.82 Å². The largest absolute Gasteiger partial charge is 0.478 e. The highest BCUT2D eigenvalue weighted by Gasteiger charge is 2.19. The number of terminal acetylenes is 1. The minimum atomic E-state index is -1.15. The van der Waals surface area contributed by atoms with E-state index in [0.717, 1.165) is 4.90 Å². The fourth-order valence-corrected chi connectivity index (χ4v) is 1.21. The van der Waals surface area contributed by atoms with Crippen LogP contribution in [-0.4, -0.2) is 28.5 Å². The minimum Gasteiger partial charge on any atom is -0.478 e. The van der Waals surface area contributed by atoms with Crippen molar-refractivity contribution in [3.05, 3.63) is 23.9 Å². The van der Waals surface area contributed by atoms with E-state index in [2.05, 4.69) is 10.9 Å². The summed E-state index contributed by atoms with van der Waals surface area (Å²) in [6.45, 7) is 1.30. The van der Waals surface area contributed by atoms with Gasteiger partial charge in [0.05, 0.1) is 6.54 Å². The standard InChI is InChI=1S/C11H10N2O3/c1-3-7-13(8(2)14)10-9(11(15)16)5-4-6-12-10/h1,4-6H,7H2,2H3,(H,15,16). The number of hydrogen-bond donors (Lipinski definition) is 1. The first-order chi connectivity index (χ1) is 7.57. The van der Waals surface area contributed by atoms with Crippen molar-refractivity contribution in [1.82, 2.24) is 4.98 Å². The molecule has 0 atom stereocenters. The van der Waals surface area contributed by atoms with Crippen molar-refractivity contribution >= 4 is 17.7 Å². The van der Waals surface area contributed by atoms with Gasteiger partial charge in [-0.15, -0.1) is 6.42 Å². The molecule has 0 aliphatic carbocycles. The number of carboxylic acids is 1. The maximum atomic E-state index is 11.3. The minimum absolute atomic E-state index is 0.00731. The van der Waals surface area contributed by atoms with Crippen molar-refractivity contribution < 1.29 is 14.7 Å². The molecule has 0 fully saturated rings. The van der Waals surface area contributed by atoms with Gasteiger partial charge in [-0.3, -0.25) is 9.69 Å². The second-order valence-electron chi connectivity index (χ2n) is 2.99. The first-order valence-electron chi connectivity index (χ1n) is 4.47. The molecule has 5 nitrogen and oxygen atoms in total. The summed E-state index contributed by atoms with van der Waals surface area (Å²) in [6.07, 6.45) is 6.52. The Morgan fingerprint density at radius 1 is 1.62 bits per heavy atom. The van der Waals surface area contributed by atoms with E-state index in [4.69, 9.17) is 11.5 Å². The van der Waals surface area contributed by atoms with E-state index in [1.165, 1.54) is 25.3 Å². The highest BCUT2D eigenvalue weighted by atomic mass is 16.4. The number of anilines is 1. The number of rotatable bonds is 3. The summed E-state index contributed by atoms with van der Waals surface area (Å²) >= 11 is 0. The van der Waals surface area contributed by atoms with Crippen LogP contribution in [0.15, 0.2) is 18.3 Å². The Morgan fingerprint density at radius 2 is 2.31 bits per heavy atom. The summed E-state index contributed by atoms with van der Waals surface area (Å²) in [5, 5.41) is 8.93. The fourth-order valence-electron chi connectivity index (χ4n) is 1.21. The van der Waals surface area contributed by atoms with Gasteiger partial charge in [-0.05, 0) is 12.1 Å². The number of aromatic nitrogens is 1. The van der Waals surface area contributed by atoms with E-state index < -0.39 is 5.97 Å². The maximum absolute atomic E-state index is 11.3. The highest BCUT2D eigenvalue weighted by molar-refractivity contribution is 6.00. The molecule has 1 aromatic heterocycles. The fraction of sp³-hybridized carbons (Fsp3) is 0.182. The van der Waals surface area contributed by atoms with Crippen molar-refractivity contribution in [2.75, 3.05) is 11.4 Å². The maximum Gasteiger partial charge on any atom is 0.339 e. The first-order valence-corrected chi connectivity index (χ1v) is 4.47. The van der Waals surface area contributed by atoms with Gasteiger partial charge in [0, 0.05) is 13.1 Å². The molecular weight excluding hydrogens is 208 g/mol. The van der Waals surface area contributed by atoms with Gasteiger partial charge < -0.3 is 5.11 Å². The molecule has 1 amide bonds. The van der Waals surface area contributed by atoms with E-state index in [0.29, 0.717) is 0 Å². The topological polar surface area (TPSA) is 70.5 Å². The predicted octanol–water partition coefficient (Wildman–Crippen LogP) is 0.766. The summed E-state index contributed by atoms with van der Waals surface area (Å²) in [5.74, 6) is 0.861. The summed E-state index contributed by atoms with van der Waals surface area (Å²) in [7, 11) is 0. The summed E-state index contributed by atoms with van der Waals surface area (Å²) in [6, 6.07) is 2.86. The van der Waals surface area contributed by atoms with Gasteiger partial charge in [0.1, 0.15) is 5.56 Å². The molecule has 0 saturated carbocycles. The molecular formula is C11H10N2O3. The first kappa shape index (κ1) is 11.7. The zero-order valence-electron chi connectivity index (χ0n) is 8.67. The molecule has 0 bridgehead atoms. The van der Waals surface area contributed by atoms with Crippen LogP contribution in [0.4, 0.5) is 5.82 Å².